The molecule has 0 bridgehead atoms. The molecule has 2 aliphatic rings. The van der Waals surface area contributed by atoms with Crippen molar-refractivity contribution >= 4 is 54.6 Å². The fourth-order valence-corrected chi connectivity index (χ4v) is 8.86. The summed E-state index contributed by atoms with van der Waals surface area (Å²) >= 11 is 0. The molecule has 0 saturated heterocycles. The molecule has 0 amide bonds. The van der Waals surface area contributed by atoms with Crippen LogP contribution < -0.4 is 0 Å². The van der Waals surface area contributed by atoms with Crippen molar-refractivity contribution < 1.29 is 4.42 Å². The molecule has 1 heterocycles. The minimum atomic E-state index is -0.0216. The minimum absolute atomic E-state index is 0.0216. The summed E-state index contributed by atoms with van der Waals surface area (Å²) in [6, 6.07) is 55.4. The van der Waals surface area contributed by atoms with E-state index in [0.717, 1.165) is 17.6 Å². The second kappa shape index (κ2) is 10.4. The van der Waals surface area contributed by atoms with Crippen LogP contribution in [0.15, 0.2) is 168 Å². The van der Waals surface area contributed by atoms with Gasteiger partial charge in [0.2, 0.25) is 0 Å². The highest BCUT2D eigenvalue weighted by atomic mass is 16.3. The van der Waals surface area contributed by atoms with E-state index >= 15 is 0 Å². The van der Waals surface area contributed by atoms with Crippen molar-refractivity contribution in [3.8, 4) is 11.1 Å². The molecule has 0 N–H and O–H groups in total. The van der Waals surface area contributed by atoms with Gasteiger partial charge in [-0.15, -0.1) is 0 Å². The Morgan fingerprint density at radius 3 is 2.17 bits per heavy atom. The Labute approximate surface area is 280 Å². The van der Waals surface area contributed by atoms with Crippen LogP contribution in [0.1, 0.15) is 30.0 Å². The molecule has 3 atom stereocenters. The highest BCUT2D eigenvalue weighted by Gasteiger charge is 2.63. The zero-order valence-electron chi connectivity index (χ0n) is 26.9. The first-order chi connectivity index (χ1) is 23.7. The van der Waals surface area contributed by atoms with Gasteiger partial charge in [0.25, 0.3) is 0 Å². The van der Waals surface area contributed by atoms with Gasteiger partial charge >= 0.3 is 0 Å². The zero-order valence-corrected chi connectivity index (χ0v) is 26.9. The molecule has 0 radical (unpaired) electrons. The van der Waals surface area contributed by atoms with Gasteiger partial charge in [-0.2, -0.15) is 0 Å². The second-order valence-electron chi connectivity index (χ2n) is 13.7. The maximum atomic E-state index is 6.66. The smallest absolute Gasteiger partial charge is 0.136 e. The van der Waals surface area contributed by atoms with Crippen LogP contribution in [0.2, 0.25) is 0 Å². The molecule has 1 fully saturated rings. The van der Waals surface area contributed by atoms with Gasteiger partial charge in [0, 0.05) is 22.1 Å². The topological polar surface area (TPSA) is 13.1 Å². The number of benzene rings is 7. The molecule has 3 unspecified atom stereocenters. The van der Waals surface area contributed by atoms with E-state index in [1.54, 1.807) is 0 Å². The minimum Gasteiger partial charge on any atom is -0.456 e. The molecule has 48 heavy (non-hydrogen) atoms. The lowest BCUT2D eigenvalue weighted by Crippen LogP contribution is -2.09. The van der Waals surface area contributed by atoms with Crippen molar-refractivity contribution in [2.45, 2.75) is 18.8 Å². The predicted octanol–water partition coefficient (Wildman–Crippen LogP) is 12.6. The number of rotatable bonds is 4. The molecule has 1 saturated carbocycles. The molecule has 8 aromatic rings. The van der Waals surface area contributed by atoms with Crippen LogP contribution in [0.5, 0.6) is 0 Å². The number of hydrogen-bond donors (Lipinski definition) is 0. The number of furan rings is 1. The SMILES string of the molecule is CC1C2C(c3ccc4c(c3)oc3cccc(-c5ccc6c(ccc7ccccc76)c5)c34)=CCC(c3ccccc3)=CC12c1ccccc1. The number of hydrogen-bond acceptors (Lipinski definition) is 1. The first kappa shape index (κ1) is 27.5. The van der Waals surface area contributed by atoms with Crippen molar-refractivity contribution in [2.24, 2.45) is 11.8 Å². The van der Waals surface area contributed by atoms with E-state index in [-0.39, 0.29) is 5.41 Å². The van der Waals surface area contributed by atoms with Crippen LogP contribution in [0.25, 0.3) is 65.8 Å². The molecule has 1 aromatic heterocycles. The molecular weight excluding hydrogens is 581 g/mol. The molecule has 0 aliphatic heterocycles. The van der Waals surface area contributed by atoms with Gasteiger partial charge < -0.3 is 4.42 Å². The molecule has 2 aliphatic carbocycles. The third-order valence-corrected chi connectivity index (χ3v) is 11.3. The Bertz CT molecular complexity index is 2600. The highest BCUT2D eigenvalue weighted by Crippen LogP contribution is 2.67. The first-order valence-electron chi connectivity index (χ1n) is 17.1. The Kier molecular flexibility index (Phi) is 5.96. The third kappa shape index (κ3) is 4.04. The molecule has 7 aromatic carbocycles. The van der Waals surface area contributed by atoms with E-state index in [2.05, 4.69) is 171 Å². The lowest BCUT2D eigenvalue weighted by atomic mass is 9.87. The maximum Gasteiger partial charge on any atom is 0.136 e. The Hall–Kier alpha value is -5.66. The van der Waals surface area contributed by atoms with Gasteiger partial charge in [-0.25, -0.2) is 0 Å². The average molecular weight is 615 g/mol. The Morgan fingerprint density at radius 2 is 1.29 bits per heavy atom. The Balaban J connectivity index is 1.09. The van der Waals surface area contributed by atoms with Crippen LogP contribution in [-0.2, 0) is 5.41 Å². The van der Waals surface area contributed by atoms with Crippen molar-refractivity contribution in [2.75, 3.05) is 0 Å². The van der Waals surface area contributed by atoms with Crippen LogP contribution in [0.3, 0.4) is 0 Å². The summed E-state index contributed by atoms with van der Waals surface area (Å²) in [7, 11) is 0. The van der Waals surface area contributed by atoms with E-state index in [1.165, 1.54) is 71.3 Å². The molecule has 1 heteroatoms. The molecule has 10 rings (SSSR count). The van der Waals surface area contributed by atoms with Crippen molar-refractivity contribution in [3.05, 3.63) is 181 Å². The molecule has 1 nitrogen and oxygen atoms in total. The predicted molar refractivity (Wildman–Crippen MR) is 202 cm³/mol. The Morgan fingerprint density at radius 1 is 0.562 bits per heavy atom. The van der Waals surface area contributed by atoms with Gasteiger partial charge in [-0.3, -0.25) is 0 Å². The van der Waals surface area contributed by atoms with Crippen LogP contribution in [0, 0.1) is 11.8 Å². The lowest BCUT2D eigenvalue weighted by molar-refractivity contribution is 0.669. The normalized spacial score (nSPS) is 20.4. The van der Waals surface area contributed by atoms with Gasteiger partial charge in [0.15, 0.2) is 0 Å². The van der Waals surface area contributed by atoms with E-state index in [9.17, 15) is 0 Å². The van der Waals surface area contributed by atoms with E-state index < -0.39 is 0 Å². The van der Waals surface area contributed by atoms with Crippen molar-refractivity contribution in [3.63, 3.8) is 0 Å². The summed E-state index contributed by atoms with van der Waals surface area (Å²) in [5.74, 6) is 0.903. The first-order valence-corrected chi connectivity index (χ1v) is 17.1. The lowest BCUT2D eigenvalue weighted by Gasteiger charge is -2.17. The standard InChI is InChI=1S/C47H34O/c1-30-46-41(25-23-36(31-11-4-2-5-12-31)29-47(30,46)37-14-6-3-7-15-37)35-22-26-42-44(28-35)48-43-18-10-17-40(45(42)43)34-21-24-39-33(27-34)20-19-32-13-8-9-16-38(32)39/h2-22,24-30,46H,23H2,1H3. The van der Waals surface area contributed by atoms with Crippen molar-refractivity contribution in [1.29, 1.82) is 0 Å². The van der Waals surface area contributed by atoms with Crippen LogP contribution in [-0.4, -0.2) is 0 Å². The van der Waals surface area contributed by atoms with Crippen molar-refractivity contribution in [1.82, 2.24) is 0 Å². The monoisotopic (exact) mass is 614 g/mol. The quantitative estimate of drug-likeness (QED) is 0.180. The van der Waals surface area contributed by atoms with Gasteiger partial charge in [-0.1, -0.05) is 146 Å². The fourth-order valence-electron chi connectivity index (χ4n) is 8.86. The molecule has 0 spiro atoms. The summed E-state index contributed by atoms with van der Waals surface area (Å²) in [6.07, 6.45) is 6.00. The maximum absolute atomic E-state index is 6.66. The fraction of sp³-hybridized carbons (Fsp3) is 0.106. The van der Waals surface area contributed by atoms with E-state index in [1.807, 2.05) is 0 Å². The summed E-state index contributed by atoms with van der Waals surface area (Å²) in [6.45, 7) is 2.42. The molecule has 228 valence electrons. The third-order valence-electron chi connectivity index (χ3n) is 11.3. The van der Waals surface area contributed by atoms with E-state index in [0.29, 0.717) is 11.8 Å². The van der Waals surface area contributed by atoms with Gasteiger partial charge in [-0.05, 0) is 97.1 Å². The zero-order chi connectivity index (χ0) is 31.8. The number of fused-ring (bicyclic) bond motifs is 7. The highest BCUT2D eigenvalue weighted by molar-refractivity contribution is 6.14. The summed E-state index contributed by atoms with van der Waals surface area (Å²) in [4.78, 5) is 0. The summed E-state index contributed by atoms with van der Waals surface area (Å²) < 4.78 is 6.66. The molecular formula is C47H34O. The van der Waals surface area contributed by atoms with Crippen LogP contribution in [0.4, 0.5) is 0 Å². The summed E-state index contributed by atoms with van der Waals surface area (Å²) in [5.41, 5.74) is 11.1. The second-order valence-corrected chi connectivity index (χ2v) is 13.7. The summed E-state index contributed by atoms with van der Waals surface area (Å²) in [5, 5.41) is 7.45. The number of allylic oxidation sites excluding steroid dienone is 4. The average Bonchev–Trinajstić information content (AvgIpc) is 3.62. The van der Waals surface area contributed by atoms with Gasteiger partial charge in [0.05, 0.1) is 0 Å². The largest absolute Gasteiger partial charge is 0.456 e. The van der Waals surface area contributed by atoms with Crippen LogP contribution >= 0.6 is 0 Å². The van der Waals surface area contributed by atoms with E-state index in [4.69, 9.17) is 4.42 Å². The van der Waals surface area contributed by atoms with Gasteiger partial charge in [0.1, 0.15) is 11.2 Å².